The van der Waals surface area contributed by atoms with Gasteiger partial charge in [0.2, 0.25) is 0 Å². The second-order valence-electron chi connectivity index (χ2n) is 9.15. The van der Waals surface area contributed by atoms with Crippen LogP contribution >= 0.6 is 0 Å². The molecule has 0 unspecified atom stereocenters. The third-order valence-corrected chi connectivity index (χ3v) is 5.92. The number of hydrogen-bond donors (Lipinski definition) is 0. The number of fused-ring (bicyclic) bond motifs is 3. The molecule has 38 heavy (non-hydrogen) atoms. The Bertz CT molecular complexity index is 1470. The van der Waals surface area contributed by atoms with Crippen molar-refractivity contribution in [2.45, 2.75) is 40.8 Å². The summed E-state index contributed by atoms with van der Waals surface area (Å²) in [5, 5.41) is 6.87. The number of hydrogen-bond acceptors (Lipinski definition) is 3. The summed E-state index contributed by atoms with van der Waals surface area (Å²) in [6.07, 6.45) is 2.03. The topological polar surface area (TPSA) is 52.2 Å². The van der Waals surface area contributed by atoms with E-state index in [-0.39, 0.29) is 17.1 Å². The normalized spacial score (nSPS) is 11.5. The number of aliphatic imine (C=N–C) groups is 1. The molecule has 3 aromatic carbocycles. The first-order chi connectivity index (χ1) is 18.0. The molecule has 0 aliphatic rings. The number of pyridine rings is 2. The first kappa shape index (κ1) is 28.8. The van der Waals surface area contributed by atoms with E-state index in [1.54, 1.807) is 0 Å². The monoisotopic (exact) mass is 548 g/mol. The van der Waals surface area contributed by atoms with Crippen LogP contribution in [0.4, 0.5) is 0 Å². The number of rotatable bonds is 6. The molecule has 0 saturated carbocycles. The van der Waals surface area contributed by atoms with Crippen molar-refractivity contribution >= 4 is 27.5 Å². The summed E-state index contributed by atoms with van der Waals surface area (Å²) in [5.41, 5.74) is 8.53. The molecule has 0 radical (unpaired) electrons. The number of benzene rings is 3. The van der Waals surface area contributed by atoms with Gasteiger partial charge in [-0.1, -0.05) is 103 Å². The molecule has 5 heteroatoms. The van der Waals surface area contributed by atoms with Crippen LogP contribution in [0.1, 0.15) is 36.4 Å². The van der Waals surface area contributed by atoms with Crippen molar-refractivity contribution in [1.29, 1.82) is 0 Å². The molecule has 5 aromatic rings. The van der Waals surface area contributed by atoms with E-state index < -0.39 is 0 Å². The first-order valence-electron chi connectivity index (χ1n) is 12.6. The fourth-order valence-electron chi connectivity index (χ4n) is 3.96. The molecule has 0 atom stereocenters. The van der Waals surface area contributed by atoms with E-state index in [4.69, 9.17) is 0 Å². The van der Waals surface area contributed by atoms with Crippen LogP contribution in [0.2, 0.25) is 0 Å². The second-order valence-corrected chi connectivity index (χ2v) is 9.15. The van der Waals surface area contributed by atoms with Gasteiger partial charge < -0.3 is 5.32 Å². The molecule has 0 spiro atoms. The zero-order valence-electron chi connectivity index (χ0n) is 22.3. The van der Waals surface area contributed by atoms with Crippen molar-refractivity contribution in [1.82, 2.24) is 9.97 Å². The Morgan fingerprint density at radius 3 is 1.68 bits per heavy atom. The molecule has 0 saturated heterocycles. The van der Waals surface area contributed by atoms with Crippen molar-refractivity contribution < 1.29 is 17.1 Å². The van der Waals surface area contributed by atoms with Gasteiger partial charge in [-0.15, -0.1) is 6.54 Å². The summed E-state index contributed by atoms with van der Waals surface area (Å²) >= 11 is 0. The van der Waals surface area contributed by atoms with Crippen LogP contribution in [0.3, 0.4) is 0 Å². The van der Waals surface area contributed by atoms with E-state index in [9.17, 15) is 0 Å². The van der Waals surface area contributed by atoms with E-state index in [0.717, 1.165) is 57.7 Å². The number of aromatic nitrogens is 2. The fourth-order valence-corrected chi connectivity index (χ4v) is 3.96. The maximum Gasteiger partial charge on any atom is 1.00 e. The van der Waals surface area contributed by atoms with Gasteiger partial charge in [0.1, 0.15) is 0 Å². The molecule has 0 amide bonds. The zero-order valence-corrected chi connectivity index (χ0v) is 23.3. The second kappa shape index (κ2) is 14.2. The maximum absolute atomic E-state index is 4.58. The zero-order chi connectivity index (χ0) is 26.0. The molecular weight excluding hydrogens is 516 g/mol. The van der Waals surface area contributed by atoms with Crippen LogP contribution in [-0.2, 0) is 30.2 Å². The molecule has 5 rings (SSSR count). The summed E-state index contributed by atoms with van der Waals surface area (Å²) < 4.78 is 0. The Balaban J connectivity index is 0.000000211. The van der Waals surface area contributed by atoms with Crippen molar-refractivity contribution in [3.05, 3.63) is 137 Å². The van der Waals surface area contributed by atoms with E-state index in [2.05, 4.69) is 68.8 Å². The van der Waals surface area contributed by atoms with Gasteiger partial charge in [-0.05, 0) is 38.5 Å². The Labute approximate surface area is 236 Å². The van der Waals surface area contributed by atoms with Gasteiger partial charge in [0, 0.05) is 27.9 Å². The summed E-state index contributed by atoms with van der Waals surface area (Å²) in [5.74, 6) is 0. The summed E-state index contributed by atoms with van der Waals surface area (Å²) in [4.78, 5) is 13.7. The van der Waals surface area contributed by atoms with E-state index in [0.29, 0.717) is 0 Å². The largest absolute Gasteiger partial charge is 1.00 e. The minimum atomic E-state index is 0. The fraction of sp³-hybridized carbons (Fsp3) is 0.182. The van der Waals surface area contributed by atoms with Crippen LogP contribution in [0.25, 0.3) is 27.1 Å². The molecule has 0 N–H and O–H groups in total. The Hall–Kier alpha value is -3.79. The minimum Gasteiger partial charge on any atom is -0.684 e. The third kappa shape index (κ3) is 8.37. The Kier molecular flexibility index (Phi) is 10.8. The van der Waals surface area contributed by atoms with Crippen LogP contribution in [0.15, 0.2) is 114 Å². The van der Waals surface area contributed by atoms with Crippen LogP contribution in [0, 0.1) is 13.8 Å². The minimum absolute atomic E-state index is 0. The van der Waals surface area contributed by atoms with E-state index in [1.165, 1.54) is 11.1 Å². The molecule has 2 heterocycles. The average Bonchev–Trinajstić information content (AvgIpc) is 2.92. The molecular formula is C33H33CuN4. The van der Waals surface area contributed by atoms with E-state index in [1.807, 2.05) is 82.3 Å². The smallest absolute Gasteiger partial charge is 0.684 e. The molecule has 4 nitrogen and oxygen atoms in total. The number of aryl methyl sites for hydroxylation is 2. The van der Waals surface area contributed by atoms with Crippen LogP contribution in [-0.4, -0.2) is 15.7 Å². The standard InChI is InChI=1S/C19H21N2.C14H12N2.Cu/c1-16(20-14-18-9-5-3-6-10-18)13-17(2)21-15-19-11-7-4-8-12-19;1-9-3-5-11-7-8-12-6-4-10(2)16-14(12)13(11)15-9;/h3-13H,14-15H2,1-2H3;3-8H,1-2H3;/q-1;;+1/b16-13-,21-17?;;. The van der Waals surface area contributed by atoms with Gasteiger partial charge in [0.05, 0.1) is 17.6 Å². The van der Waals surface area contributed by atoms with Gasteiger partial charge in [-0.25, -0.2) is 0 Å². The van der Waals surface area contributed by atoms with Crippen molar-refractivity contribution in [3.8, 4) is 0 Å². The van der Waals surface area contributed by atoms with Gasteiger partial charge in [-0.2, -0.15) is 5.70 Å². The maximum atomic E-state index is 4.58. The predicted molar refractivity (Wildman–Crippen MR) is 157 cm³/mol. The van der Waals surface area contributed by atoms with Gasteiger partial charge in [0.25, 0.3) is 0 Å². The average molecular weight is 549 g/mol. The van der Waals surface area contributed by atoms with Crippen molar-refractivity contribution in [2.24, 2.45) is 4.99 Å². The van der Waals surface area contributed by atoms with Gasteiger partial charge >= 0.3 is 17.1 Å². The molecule has 0 aliphatic heterocycles. The first-order valence-corrected chi connectivity index (χ1v) is 12.6. The van der Waals surface area contributed by atoms with Crippen molar-refractivity contribution in [2.75, 3.05) is 0 Å². The summed E-state index contributed by atoms with van der Waals surface area (Å²) in [6.45, 7) is 9.49. The summed E-state index contributed by atoms with van der Waals surface area (Å²) in [6, 6.07) is 33.0. The van der Waals surface area contributed by atoms with Gasteiger partial charge in [-0.3, -0.25) is 15.0 Å². The predicted octanol–water partition coefficient (Wildman–Crippen LogP) is 8.52. The molecule has 0 aliphatic carbocycles. The van der Waals surface area contributed by atoms with Crippen LogP contribution in [0.5, 0.6) is 0 Å². The van der Waals surface area contributed by atoms with Crippen molar-refractivity contribution in [3.63, 3.8) is 0 Å². The van der Waals surface area contributed by atoms with Crippen LogP contribution < -0.4 is 0 Å². The van der Waals surface area contributed by atoms with E-state index >= 15 is 0 Å². The third-order valence-electron chi connectivity index (χ3n) is 5.92. The molecule has 0 bridgehead atoms. The number of allylic oxidation sites excluding steroid dienone is 2. The van der Waals surface area contributed by atoms with Gasteiger partial charge in [0.15, 0.2) is 0 Å². The quantitative estimate of drug-likeness (QED) is 0.121. The molecule has 0 fully saturated rings. The SMILES string of the molecule is CC(/C=C(/C)[N-]Cc1ccccc1)=NCc1ccccc1.Cc1ccc2ccc3ccc(C)nc3c2n1.[Cu+]. The Morgan fingerprint density at radius 2 is 1.16 bits per heavy atom. The molecule has 2 aromatic heterocycles. The Morgan fingerprint density at radius 1 is 0.684 bits per heavy atom. The molecule has 196 valence electrons. The summed E-state index contributed by atoms with van der Waals surface area (Å²) in [7, 11) is 0. The number of nitrogens with zero attached hydrogens (tertiary/aromatic N) is 4.